The van der Waals surface area contributed by atoms with Gasteiger partial charge in [0.2, 0.25) is 0 Å². The maximum atomic E-state index is 13.5. The smallest absolute Gasteiger partial charge is 0.123 e. The standard InChI is InChI=1S/C18H31FN2/c1-14(2)8-10-21(11-9-15(3)4)18(13-20)16-6-5-7-17(19)12-16/h5-7,12,14-15,18H,8-11,13,20H2,1-4H3. The normalized spacial score (nSPS) is 13.4. The third-order valence-corrected chi connectivity index (χ3v) is 3.88. The summed E-state index contributed by atoms with van der Waals surface area (Å²) in [6.45, 7) is 11.5. The lowest BCUT2D eigenvalue weighted by atomic mass is 10.0. The van der Waals surface area contributed by atoms with Crippen molar-refractivity contribution < 1.29 is 4.39 Å². The summed E-state index contributed by atoms with van der Waals surface area (Å²) in [5.41, 5.74) is 7.00. The van der Waals surface area contributed by atoms with Gasteiger partial charge in [-0.25, -0.2) is 4.39 Å². The first-order chi connectivity index (χ1) is 9.93. The molecule has 0 radical (unpaired) electrons. The second-order valence-corrected chi connectivity index (χ2v) is 6.71. The molecule has 0 aliphatic heterocycles. The van der Waals surface area contributed by atoms with Gasteiger partial charge in [-0.3, -0.25) is 4.90 Å². The Kier molecular flexibility index (Phi) is 7.91. The van der Waals surface area contributed by atoms with Crippen LogP contribution in [0.1, 0.15) is 52.1 Å². The van der Waals surface area contributed by atoms with Gasteiger partial charge < -0.3 is 5.73 Å². The van der Waals surface area contributed by atoms with Crippen LogP contribution in [0.2, 0.25) is 0 Å². The van der Waals surface area contributed by atoms with Crippen LogP contribution in [0.3, 0.4) is 0 Å². The SMILES string of the molecule is CC(C)CCN(CCC(C)C)C(CN)c1cccc(F)c1. The quantitative estimate of drug-likeness (QED) is 0.739. The molecule has 0 aliphatic carbocycles. The molecule has 2 nitrogen and oxygen atoms in total. The first-order valence-corrected chi connectivity index (χ1v) is 8.13. The predicted molar refractivity (Wildman–Crippen MR) is 88.7 cm³/mol. The van der Waals surface area contributed by atoms with E-state index in [1.165, 1.54) is 6.07 Å². The first-order valence-electron chi connectivity index (χ1n) is 8.13. The van der Waals surface area contributed by atoms with Crippen LogP contribution in [0.25, 0.3) is 0 Å². The van der Waals surface area contributed by atoms with E-state index in [9.17, 15) is 4.39 Å². The van der Waals surface area contributed by atoms with Crippen LogP contribution in [0.15, 0.2) is 24.3 Å². The zero-order valence-corrected chi connectivity index (χ0v) is 14.0. The molecular weight excluding hydrogens is 263 g/mol. The Hall–Kier alpha value is -0.930. The molecule has 120 valence electrons. The Morgan fingerprint density at radius 1 is 1.05 bits per heavy atom. The highest BCUT2D eigenvalue weighted by Crippen LogP contribution is 2.22. The third-order valence-electron chi connectivity index (χ3n) is 3.88. The van der Waals surface area contributed by atoms with Crippen LogP contribution < -0.4 is 5.73 Å². The topological polar surface area (TPSA) is 29.3 Å². The Balaban J connectivity index is 2.85. The molecule has 0 aromatic heterocycles. The molecule has 0 saturated carbocycles. The van der Waals surface area contributed by atoms with Crippen molar-refractivity contribution in [3.8, 4) is 0 Å². The van der Waals surface area contributed by atoms with Gasteiger partial charge in [0, 0.05) is 12.6 Å². The second-order valence-electron chi connectivity index (χ2n) is 6.71. The minimum atomic E-state index is -0.182. The molecule has 1 aromatic carbocycles. The number of halogens is 1. The van der Waals surface area contributed by atoms with E-state index in [2.05, 4.69) is 32.6 Å². The summed E-state index contributed by atoms with van der Waals surface area (Å²) in [6.07, 6.45) is 2.29. The molecule has 0 saturated heterocycles. The molecule has 2 N–H and O–H groups in total. The fourth-order valence-electron chi connectivity index (χ4n) is 2.48. The van der Waals surface area contributed by atoms with Crippen LogP contribution in [0.4, 0.5) is 4.39 Å². The molecule has 0 amide bonds. The molecule has 1 rings (SSSR count). The molecule has 0 fully saturated rings. The van der Waals surface area contributed by atoms with Crippen LogP contribution in [0, 0.1) is 17.7 Å². The van der Waals surface area contributed by atoms with E-state index in [4.69, 9.17) is 5.73 Å². The summed E-state index contributed by atoms with van der Waals surface area (Å²) in [5, 5.41) is 0. The zero-order valence-electron chi connectivity index (χ0n) is 14.0. The number of nitrogens with zero attached hydrogens (tertiary/aromatic N) is 1. The number of nitrogens with two attached hydrogens (primary N) is 1. The molecule has 1 atom stereocenters. The summed E-state index contributed by atoms with van der Waals surface area (Å²) in [7, 11) is 0. The van der Waals surface area contributed by atoms with Crippen molar-refractivity contribution in [3.63, 3.8) is 0 Å². The van der Waals surface area contributed by atoms with Gasteiger partial charge in [0.25, 0.3) is 0 Å². The highest BCUT2D eigenvalue weighted by Gasteiger charge is 2.19. The number of hydrogen-bond donors (Lipinski definition) is 1. The lowest BCUT2D eigenvalue weighted by Gasteiger charge is -2.32. The van der Waals surface area contributed by atoms with Crippen molar-refractivity contribution in [2.45, 2.75) is 46.6 Å². The van der Waals surface area contributed by atoms with Gasteiger partial charge >= 0.3 is 0 Å². The van der Waals surface area contributed by atoms with Gasteiger partial charge in [0.05, 0.1) is 0 Å². The summed E-state index contributed by atoms with van der Waals surface area (Å²) in [5.74, 6) is 1.15. The van der Waals surface area contributed by atoms with Crippen LogP contribution in [-0.2, 0) is 0 Å². The number of hydrogen-bond acceptors (Lipinski definition) is 2. The molecule has 1 unspecified atom stereocenters. The van der Waals surface area contributed by atoms with E-state index in [-0.39, 0.29) is 11.9 Å². The van der Waals surface area contributed by atoms with Crippen molar-refractivity contribution in [2.75, 3.05) is 19.6 Å². The van der Waals surface area contributed by atoms with Gasteiger partial charge in [-0.1, -0.05) is 39.8 Å². The molecule has 21 heavy (non-hydrogen) atoms. The van der Waals surface area contributed by atoms with Gasteiger partial charge in [-0.15, -0.1) is 0 Å². The Bertz CT molecular complexity index is 392. The van der Waals surface area contributed by atoms with Gasteiger partial charge in [0.1, 0.15) is 5.82 Å². The van der Waals surface area contributed by atoms with Crippen LogP contribution >= 0.6 is 0 Å². The Morgan fingerprint density at radius 3 is 2.05 bits per heavy atom. The Labute approximate surface area is 129 Å². The highest BCUT2D eigenvalue weighted by molar-refractivity contribution is 5.20. The average molecular weight is 294 g/mol. The van der Waals surface area contributed by atoms with E-state index in [0.29, 0.717) is 18.4 Å². The number of rotatable bonds is 9. The fraction of sp³-hybridized carbons (Fsp3) is 0.667. The maximum absolute atomic E-state index is 13.5. The molecule has 0 bridgehead atoms. The van der Waals surface area contributed by atoms with Crippen molar-refractivity contribution in [3.05, 3.63) is 35.6 Å². The van der Waals surface area contributed by atoms with E-state index < -0.39 is 0 Å². The lowest BCUT2D eigenvalue weighted by molar-refractivity contribution is 0.180. The first kappa shape index (κ1) is 18.1. The van der Waals surface area contributed by atoms with E-state index >= 15 is 0 Å². The van der Waals surface area contributed by atoms with E-state index in [1.54, 1.807) is 12.1 Å². The summed E-state index contributed by atoms with van der Waals surface area (Å²) < 4.78 is 13.5. The molecule has 1 aromatic rings. The number of benzene rings is 1. The predicted octanol–water partition coefficient (Wildman–Crippen LogP) is 4.22. The summed E-state index contributed by atoms with van der Waals surface area (Å²) >= 11 is 0. The molecule has 0 heterocycles. The zero-order chi connectivity index (χ0) is 15.8. The lowest BCUT2D eigenvalue weighted by Crippen LogP contribution is -2.36. The minimum absolute atomic E-state index is 0.109. The molecule has 3 heteroatoms. The second kappa shape index (κ2) is 9.16. The van der Waals surface area contributed by atoms with Crippen molar-refractivity contribution in [1.29, 1.82) is 0 Å². The monoisotopic (exact) mass is 294 g/mol. The average Bonchev–Trinajstić information content (AvgIpc) is 2.41. The summed E-state index contributed by atoms with van der Waals surface area (Å²) in [4.78, 5) is 2.43. The van der Waals surface area contributed by atoms with Gasteiger partial charge in [-0.2, -0.15) is 0 Å². The van der Waals surface area contributed by atoms with Crippen LogP contribution in [0.5, 0.6) is 0 Å². The third kappa shape index (κ3) is 6.58. The Morgan fingerprint density at radius 2 is 1.62 bits per heavy atom. The van der Waals surface area contributed by atoms with Crippen molar-refractivity contribution >= 4 is 0 Å². The fourth-order valence-corrected chi connectivity index (χ4v) is 2.48. The van der Waals surface area contributed by atoms with Crippen molar-refractivity contribution in [2.24, 2.45) is 17.6 Å². The molecule has 0 spiro atoms. The van der Waals surface area contributed by atoms with E-state index in [1.807, 2.05) is 6.07 Å². The summed E-state index contributed by atoms with van der Waals surface area (Å²) in [6, 6.07) is 6.98. The van der Waals surface area contributed by atoms with Crippen molar-refractivity contribution in [1.82, 2.24) is 4.90 Å². The maximum Gasteiger partial charge on any atom is 0.123 e. The van der Waals surface area contributed by atoms with E-state index in [0.717, 1.165) is 31.5 Å². The molecule has 0 aliphatic rings. The molecular formula is C18H31FN2. The van der Waals surface area contributed by atoms with Crippen LogP contribution in [-0.4, -0.2) is 24.5 Å². The largest absolute Gasteiger partial charge is 0.329 e. The highest BCUT2D eigenvalue weighted by atomic mass is 19.1. The minimum Gasteiger partial charge on any atom is -0.329 e. The van der Waals surface area contributed by atoms with Gasteiger partial charge in [-0.05, 0) is 55.5 Å². The van der Waals surface area contributed by atoms with Gasteiger partial charge in [0.15, 0.2) is 0 Å².